The summed E-state index contributed by atoms with van der Waals surface area (Å²) in [4.78, 5) is 19.7. The van der Waals surface area contributed by atoms with Gasteiger partial charge in [0.1, 0.15) is 6.42 Å². The molecule has 4 heteroatoms. The first-order chi connectivity index (χ1) is 4.34. The van der Waals surface area contributed by atoms with Crippen LogP contribution in [0.1, 0.15) is 20.3 Å². The highest BCUT2D eigenvalue weighted by atomic mass is 35.5. The fourth-order valence-corrected chi connectivity index (χ4v) is 0.414. The van der Waals surface area contributed by atoms with E-state index in [0.29, 0.717) is 0 Å². The van der Waals surface area contributed by atoms with Gasteiger partial charge < -0.3 is 5.11 Å². The van der Waals surface area contributed by atoms with Crippen LogP contribution >= 0.6 is 11.6 Å². The Bertz CT molecular complexity index is 157. The molecule has 58 valence electrons. The number of carboxylic acids is 1. The highest BCUT2D eigenvalue weighted by Gasteiger charge is 2.25. The van der Waals surface area contributed by atoms with E-state index in [0.717, 1.165) is 0 Å². The Labute approximate surface area is 64.0 Å². The molecule has 0 fully saturated rings. The first-order valence-electron chi connectivity index (χ1n) is 2.78. The van der Waals surface area contributed by atoms with Gasteiger partial charge in [-0.3, -0.25) is 9.59 Å². The summed E-state index contributed by atoms with van der Waals surface area (Å²) in [5.74, 6) is -1.61. The summed E-state index contributed by atoms with van der Waals surface area (Å²) in [6.07, 6.45) is -0.503. The Hall–Kier alpha value is -0.570. The van der Waals surface area contributed by atoms with Gasteiger partial charge in [-0.05, 0) is 13.8 Å². The molecule has 0 aromatic heterocycles. The second-order valence-electron chi connectivity index (χ2n) is 2.47. The van der Waals surface area contributed by atoms with E-state index in [-0.39, 0.29) is 0 Å². The Morgan fingerprint density at radius 3 is 2.00 bits per heavy atom. The number of hydrogen-bond donors (Lipinski definition) is 1. The van der Waals surface area contributed by atoms with Crippen molar-refractivity contribution in [2.24, 2.45) is 0 Å². The smallest absolute Gasteiger partial charge is 0.310 e. The van der Waals surface area contributed by atoms with Crippen LogP contribution in [0.15, 0.2) is 0 Å². The van der Waals surface area contributed by atoms with Crippen molar-refractivity contribution in [2.45, 2.75) is 25.1 Å². The van der Waals surface area contributed by atoms with Crippen molar-refractivity contribution in [3.63, 3.8) is 0 Å². The molecule has 0 rings (SSSR count). The molecule has 0 heterocycles. The fourth-order valence-electron chi connectivity index (χ4n) is 0.348. The topological polar surface area (TPSA) is 54.4 Å². The van der Waals surface area contributed by atoms with Gasteiger partial charge in [0.25, 0.3) is 0 Å². The van der Waals surface area contributed by atoms with Crippen molar-refractivity contribution in [3.8, 4) is 0 Å². The number of carbonyl (C=O) groups excluding carboxylic acids is 1. The van der Waals surface area contributed by atoms with Gasteiger partial charge in [-0.25, -0.2) is 0 Å². The molecular formula is C6H9ClO3. The summed E-state index contributed by atoms with van der Waals surface area (Å²) >= 11 is 5.51. The van der Waals surface area contributed by atoms with Crippen molar-refractivity contribution in [1.82, 2.24) is 0 Å². The molecule has 3 nitrogen and oxygen atoms in total. The molecular weight excluding hydrogens is 156 g/mol. The minimum atomic E-state index is -1.14. The average molecular weight is 165 g/mol. The normalized spacial score (nSPS) is 11.1. The summed E-state index contributed by atoms with van der Waals surface area (Å²) in [6.45, 7) is 2.94. The van der Waals surface area contributed by atoms with Crippen molar-refractivity contribution >= 4 is 23.4 Å². The summed E-state index contributed by atoms with van der Waals surface area (Å²) in [5.41, 5.74) is 0. The van der Waals surface area contributed by atoms with Crippen LogP contribution in [0.4, 0.5) is 0 Å². The standard InChI is InChI=1S/C6H9ClO3/c1-6(2,7)4(8)3-5(9)10/h3H2,1-2H3,(H,9,10). The third kappa shape index (κ3) is 3.45. The lowest BCUT2D eigenvalue weighted by molar-refractivity contribution is -0.140. The molecule has 0 aromatic carbocycles. The number of hydrogen-bond acceptors (Lipinski definition) is 2. The van der Waals surface area contributed by atoms with E-state index in [9.17, 15) is 9.59 Å². The van der Waals surface area contributed by atoms with Crippen LogP contribution in [0.25, 0.3) is 0 Å². The zero-order valence-corrected chi connectivity index (χ0v) is 6.60. The Kier molecular flexibility index (Phi) is 2.84. The van der Waals surface area contributed by atoms with E-state index < -0.39 is 23.0 Å². The predicted molar refractivity (Wildman–Crippen MR) is 37.2 cm³/mol. The minimum absolute atomic E-state index is 0.471. The van der Waals surface area contributed by atoms with Gasteiger partial charge in [-0.1, -0.05) is 0 Å². The highest BCUT2D eigenvalue weighted by molar-refractivity contribution is 6.35. The maximum atomic E-state index is 10.8. The van der Waals surface area contributed by atoms with Crippen LogP contribution < -0.4 is 0 Å². The lowest BCUT2D eigenvalue weighted by Crippen LogP contribution is -2.26. The Balaban J connectivity index is 3.99. The molecule has 0 spiro atoms. The maximum Gasteiger partial charge on any atom is 0.310 e. The molecule has 0 atom stereocenters. The van der Waals surface area contributed by atoms with Crippen LogP contribution in [-0.2, 0) is 9.59 Å². The van der Waals surface area contributed by atoms with Crippen LogP contribution in [0.3, 0.4) is 0 Å². The second kappa shape index (κ2) is 3.01. The van der Waals surface area contributed by atoms with Gasteiger partial charge in [-0.15, -0.1) is 11.6 Å². The number of ketones is 1. The van der Waals surface area contributed by atoms with Crippen LogP contribution in [0.2, 0.25) is 0 Å². The number of Topliss-reactive ketones (excluding diaryl/α,β-unsaturated/α-hetero) is 1. The van der Waals surface area contributed by atoms with E-state index in [1.54, 1.807) is 0 Å². The third-order valence-corrected chi connectivity index (χ3v) is 1.19. The Morgan fingerprint density at radius 1 is 1.50 bits per heavy atom. The lowest BCUT2D eigenvalue weighted by Gasteiger charge is -2.11. The SMILES string of the molecule is CC(C)(Cl)C(=O)CC(=O)O. The summed E-state index contributed by atoms with van der Waals surface area (Å²) < 4.78 is 0. The monoisotopic (exact) mass is 164 g/mol. The van der Waals surface area contributed by atoms with Crippen molar-refractivity contribution < 1.29 is 14.7 Å². The van der Waals surface area contributed by atoms with Gasteiger partial charge in [-0.2, -0.15) is 0 Å². The molecule has 0 bridgehead atoms. The summed E-state index contributed by atoms with van der Waals surface area (Å²) in [6, 6.07) is 0. The van der Waals surface area contributed by atoms with Crippen LogP contribution in [-0.4, -0.2) is 21.7 Å². The zero-order chi connectivity index (χ0) is 8.36. The van der Waals surface area contributed by atoms with Crippen molar-refractivity contribution in [1.29, 1.82) is 0 Å². The first kappa shape index (κ1) is 9.43. The largest absolute Gasteiger partial charge is 0.481 e. The van der Waals surface area contributed by atoms with E-state index in [4.69, 9.17) is 16.7 Å². The Morgan fingerprint density at radius 2 is 1.90 bits per heavy atom. The average Bonchev–Trinajstić information content (AvgIpc) is 1.60. The minimum Gasteiger partial charge on any atom is -0.481 e. The molecule has 1 N–H and O–H groups in total. The molecule has 0 aliphatic heterocycles. The number of rotatable bonds is 3. The molecule has 0 unspecified atom stereocenters. The molecule has 10 heavy (non-hydrogen) atoms. The van der Waals surface area contributed by atoms with E-state index in [1.165, 1.54) is 13.8 Å². The van der Waals surface area contributed by atoms with Gasteiger partial charge >= 0.3 is 5.97 Å². The molecule has 0 saturated heterocycles. The number of aliphatic carboxylic acids is 1. The zero-order valence-electron chi connectivity index (χ0n) is 5.85. The number of carboxylic acid groups (broad SMARTS) is 1. The lowest BCUT2D eigenvalue weighted by atomic mass is 10.1. The van der Waals surface area contributed by atoms with Crippen molar-refractivity contribution in [2.75, 3.05) is 0 Å². The van der Waals surface area contributed by atoms with Crippen LogP contribution in [0, 0.1) is 0 Å². The first-order valence-corrected chi connectivity index (χ1v) is 3.16. The quantitative estimate of drug-likeness (QED) is 0.501. The molecule has 0 aliphatic rings. The van der Waals surface area contributed by atoms with Gasteiger partial charge in [0.05, 0.1) is 4.87 Å². The number of carbonyl (C=O) groups is 2. The van der Waals surface area contributed by atoms with E-state index in [1.807, 2.05) is 0 Å². The van der Waals surface area contributed by atoms with Crippen molar-refractivity contribution in [3.05, 3.63) is 0 Å². The molecule has 0 aromatic rings. The fraction of sp³-hybridized carbons (Fsp3) is 0.667. The van der Waals surface area contributed by atoms with E-state index >= 15 is 0 Å². The number of halogens is 1. The molecule has 0 aliphatic carbocycles. The maximum absolute atomic E-state index is 10.8. The number of alkyl halides is 1. The summed E-state index contributed by atoms with van der Waals surface area (Å²) in [5, 5.41) is 8.17. The molecule has 0 amide bonds. The van der Waals surface area contributed by atoms with E-state index in [2.05, 4.69) is 0 Å². The predicted octanol–water partition coefficient (Wildman–Crippen LogP) is 1.05. The third-order valence-electron chi connectivity index (χ3n) is 0.975. The second-order valence-corrected chi connectivity index (χ2v) is 3.41. The van der Waals surface area contributed by atoms with Gasteiger partial charge in [0.15, 0.2) is 5.78 Å². The van der Waals surface area contributed by atoms with Gasteiger partial charge in [0, 0.05) is 0 Å². The molecule has 0 saturated carbocycles. The highest BCUT2D eigenvalue weighted by Crippen LogP contribution is 2.15. The summed E-state index contributed by atoms with van der Waals surface area (Å²) in [7, 11) is 0. The van der Waals surface area contributed by atoms with Crippen LogP contribution in [0.5, 0.6) is 0 Å². The molecule has 0 radical (unpaired) electrons. The van der Waals surface area contributed by atoms with Gasteiger partial charge in [0.2, 0.25) is 0 Å².